The number of carbonyl (C=O) groups is 1. The smallest absolute Gasteiger partial charge is 0.441 e. The molecule has 13 nitrogen and oxygen atoms in total. The Morgan fingerprint density at radius 3 is 2.46 bits per heavy atom. The Bertz CT molecular complexity index is 1250. The number of aromatic nitrogens is 5. The first-order valence-electron chi connectivity index (χ1n) is 10.4. The fourth-order valence-corrected chi connectivity index (χ4v) is 3.59. The number of rotatable bonds is 5. The van der Waals surface area contributed by atoms with Crippen LogP contribution in [0.25, 0.3) is 22.6 Å². The molecule has 1 saturated carbocycles. The van der Waals surface area contributed by atoms with Crippen molar-refractivity contribution < 1.29 is 38.3 Å². The number of hydrogen-bond donors (Lipinski definition) is 4. The lowest BCUT2D eigenvalue weighted by Gasteiger charge is -2.16. The van der Waals surface area contributed by atoms with Crippen molar-refractivity contribution in [2.24, 2.45) is 13.0 Å². The van der Waals surface area contributed by atoms with Crippen LogP contribution in [0.5, 0.6) is 0 Å². The number of ether oxygens (including phenoxy) is 1. The molecule has 1 amide bonds. The molecule has 2 aromatic heterocycles. The average Bonchev–Trinajstić information content (AvgIpc) is 3.44. The summed E-state index contributed by atoms with van der Waals surface area (Å²) in [6.45, 7) is 0.205. The van der Waals surface area contributed by atoms with Crippen LogP contribution in [0.4, 0.5) is 14.9 Å². The summed E-state index contributed by atoms with van der Waals surface area (Å²) in [5.74, 6) is 0.0865. The first-order chi connectivity index (χ1) is 16.5. The van der Waals surface area contributed by atoms with Gasteiger partial charge in [0.15, 0.2) is 0 Å². The van der Waals surface area contributed by atoms with Gasteiger partial charge in [-0.15, -0.1) is 10.2 Å². The molecule has 4 N–H and O–H groups in total. The molecule has 3 aromatic rings. The van der Waals surface area contributed by atoms with E-state index in [1.165, 1.54) is 22.0 Å². The van der Waals surface area contributed by atoms with E-state index in [4.69, 9.17) is 24.0 Å². The van der Waals surface area contributed by atoms with Crippen molar-refractivity contribution in [3.63, 3.8) is 0 Å². The van der Waals surface area contributed by atoms with Gasteiger partial charge in [-0.05, 0) is 48.2 Å². The standard InChI is InChI=1S/C20H19FN6O3.H3O4P/c1-26-24-19(23-25-26)16-7-4-12(9-22-16)14-6-5-13(8-15(14)21)27-10-17(30-20(27)29)18(28)11-2-3-11;1-5(2,3)4/h4-9,11,17-18,28H,2-3,10H2,1H3;(H3,1,2,3,4)/t17-,18?;/m0./s1. The molecular formula is C20H22FN6O7P. The molecule has 0 radical (unpaired) electrons. The van der Waals surface area contributed by atoms with E-state index < -0.39 is 31.9 Å². The van der Waals surface area contributed by atoms with E-state index in [0.717, 1.165) is 12.8 Å². The van der Waals surface area contributed by atoms with E-state index >= 15 is 0 Å². The SMILES string of the molecule is Cn1nnc(-c2ccc(-c3ccc(N4C[C@@H](C(O)C5CC5)OC4=O)cc3F)cn2)n1.O=P(O)(O)O. The third-order valence-corrected chi connectivity index (χ3v) is 5.40. The van der Waals surface area contributed by atoms with Crippen LogP contribution < -0.4 is 4.90 Å². The van der Waals surface area contributed by atoms with Crippen LogP contribution in [0.15, 0.2) is 36.5 Å². The number of tetrazole rings is 1. The maximum Gasteiger partial charge on any atom is 0.466 e. The highest BCUT2D eigenvalue weighted by Crippen LogP contribution is 2.37. The van der Waals surface area contributed by atoms with Gasteiger partial charge in [-0.2, -0.15) is 4.80 Å². The Labute approximate surface area is 198 Å². The number of aliphatic hydroxyl groups is 1. The normalized spacial score (nSPS) is 18.6. The van der Waals surface area contributed by atoms with Gasteiger partial charge in [0.1, 0.15) is 17.6 Å². The number of aryl methyl sites for hydroxylation is 1. The van der Waals surface area contributed by atoms with Gasteiger partial charge in [0, 0.05) is 17.3 Å². The van der Waals surface area contributed by atoms with E-state index in [9.17, 15) is 14.3 Å². The lowest BCUT2D eigenvalue weighted by atomic mass is 10.1. The Kier molecular flexibility index (Phi) is 6.92. The molecule has 186 valence electrons. The zero-order chi connectivity index (χ0) is 25.3. The minimum atomic E-state index is -4.64. The van der Waals surface area contributed by atoms with E-state index in [-0.39, 0.29) is 12.5 Å². The van der Waals surface area contributed by atoms with Crippen LogP contribution in [-0.2, 0) is 16.3 Å². The van der Waals surface area contributed by atoms with E-state index in [1.54, 1.807) is 31.3 Å². The van der Waals surface area contributed by atoms with Crippen LogP contribution in [0.1, 0.15) is 12.8 Å². The Balaban J connectivity index is 0.000000527. The van der Waals surface area contributed by atoms with Crippen molar-refractivity contribution in [3.8, 4) is 22.6 Å². The third kappa shape index (κ3) is 6.24. The molecule has 1 unspecified atom stereocenters. The van der Waals surface area contributed by atoms with Gasteiger partial charge in [-0.1, -0.05) is 6.07 Å². The number of benzene rings is 1. The van der Waals surface area contributed by atoms with Gasteiger partial charge < -0.3 is 24.5 Å². The van der Waals surface area contributed by atoms with Crippen LogP contribution >= 0.6 is 7.82 Å². The van der Waals surface area contributed by atoms with E-state index in [0.29, 0.717) is 28.3 Å². The second-order valence-corrected chi connectivity index (χ2v) is 9.10. The molecule has 1 aromatic carbocycles. The minimum Gasteiger partial charge on any atom is -0.441 e. The van der Waals surface area contributed by atoms with Gasteiger partial charge in [0.2, 0.25) is 5.82 Å². The summed E-state index contributed by atoms with van der Waals surface area (Å²) >= 11 is 0. The maximum absolute atomic E-state index is 14.8. The number of cyclic esters (lactones) is 1. The number of amides is 1. The molecule has 2 atom stereocenters. The summed E-state index contributed by atoms with van der Waals surface area (Å²) in [5.41, 5.74) is 1.86. The number of carbonyl (C=O) groups excluding carboxylic acids is 1. The molecule has 2 aliphatic rings. The van der Waals surface area contributed by atoms with Gasteiger partial charge in [-0.25, -0.2) is 13.8 Å². The second-order valence-electron chi connectivity index (χ2n) is 8.07. The zero-order valence-electron chi connectivity index (χ0n) is 18.3. The van der Waals surface area contributed by atoms with Crippen molar-refractivity contribution in [2.75, 3.05) is 11.4 Å². The Morgan fingerprint density at radius 2 is 1.91 bits per heavy atom. The van der Waals surface area contributed by atoms with Crippen LogP contribution in [0, 0.1) is 11.7 Å². The van der Waals surface area contributed by atoms with Gasteiger partial charge >= 0.3 is 13.9 Å². The van der Waals surface area contributed by atoms with Crippen molar-refractivity contribution in [2.45, 2.75) is 25.0 Å². The predicted octanol–water partition coefficient (Wildman–Crippen LogP) is 1.25. The van der Waals surface area contributed by atoms with Crippen molar-refractivity contribution >= 4 is 19.6 Å². The summed E-state index contributed by atoms with van der Waals surface area (Å²) < 4.78 is 29.0. The minimum absolute atomic E-state index is 0.189. The highest BCUT2D eigenvalue weighted by molar-refractivity contribution is 7.45. The number of nitrogens with zero attached hydrogens (tertiary/aromatic N) is 6. The van der Waals surface area contributed by atoms with Crippen LogP contribution in [0.2, 0.25) is 0 Å². The molecule has 1 aliphatic heterocycles. The van der Waals surface area contributed by atoms with E-state index in [1.807, 2.05) is 0 Å². The van der Waals surface area contributed by atoms with Crippen molar-refractivity contribution in [1.82, 2.24) is 25.2 Å². The molecule has 1 saturated heterocycles. The van der Waals surface area contributed by atoms with Crippen molar-refractivity contribution in [1.29, 1.82) is 0 Å². The topological polar surface area (TPSA) is 184 Å². The fraction of sp³-hybridized carbons (Fsp3) is 0.350. The summed E-state index contributed by atoms with van der Waals surface area (Å²) in [7, 11) is -2.98. The molecule has 35 heavy (non-hydrogen) atoms. The molecule has 2 fully saturated rings. The largest absolute Gasteiger partial charge is 0.466 e. The quantitative estimate of drug-likeness (QED) is 0.364. The number of pyridine rings is 1. The van der Waals surface area contributed by atoms with Gasteiger partial charge in [0.25, 0.3) is 0 Å². The van der Waals surface area contributed by atoms with E-state index in [2.05, 4.69) is 20.4 Å². The molecular weight excluding hydrogens is 486 g/mol. The van der Waals surface area contributed by atoms with Gasteiger partial charge in [0.05, 0.1) is 25.4 Å². The molecule has 15 heteroatoms. The predicted molar refractivity (Wildman–Crippen MR) is 118 cm³/mol. The Morgan fingerprint density at radius 1 is 1.20 bits per heavy atom. The highest BCUT2D eigenvalue weighted by atomic mass is 31.2. The lowest BCUT2D eigenvalue weighted by molar-refractivity contribution is 0.0200. The summed E-state index contributed by atoms with van der Waals surface area (Å²) in [6.07, 6.45) is 1.59. The molecule has 0 bridgehead atoms. The molecule has 0 spiro atoms. The summed E-state index contributed by atoms with van der Waals surface area (Å²) in [6, 6.07) is 7.97. The van der Waals surface area contributed by atoms with Crippen molar-refractivity contribution in [3.05, 3.63) is 42.3 Å². The molecule has 5 rings (SSSR count). The number of halogens is 1. The zero-order valence-corrected chi connectivity index (χ0v) is 19.2. The van der Waals surface area contributed by atoms with Crippen LogP contribution in [-0.4, -0.2) is 69.8 Å². The average molecular weight is 508 g/mol. The molecule has 3 heterocycles. The summed E-state index contributed by atoms with van der Waals surface area (Å²) in [5, 5.41) is 22.0. The number of hydrogen-bond acceptors (Lipinski definition) is 8. The molecule has 1 aliphatic carbocycles. The van der Waals surface area contributed by atoms with Crippen LogP contribution in [0.3, 0.4) is 0 Å². The monoisotopic (exact) mass is 508 g/mol. The number of anilines is 1. The van der Waals surface area contributed by atoms with Gasteiger partial charge in [-0.3, -0.25) is 9.88 Å². The fourth-order valence-electron chi connectivity index (χ4n) is 3.59. The maximum atomic E-state index is 14.8. The Hall–Kier alpha value is -3.29. The summed E-state index contributed by atoms with van der Waals surface area (Å²) in [4.78, 5) is 40.7. The lowest BCUT2D eigenvalue weighted by Crippen LogP contribution is -2.32. The highest BCUT2D eigenvalue weighted by Gasteiger charge is 2.43. The number of phosphoric acid groups is 1. The first-order valence-corrected chi connectivity index (χ1v) is 12.0. The second kappa shape index (κ2) is 9.76. The number of aliphatic hydroxyl groups excluding tert-OH is 1. The first kappa shape index (κ1) is 24.8. The third-order valence-electron chi connectivity index (χ3n) is 5.40.